The third kappa shape index (κ3) is 12.6. The third-order valence-corrected chi connectivity index (χ3v) is 10.6. The highest BCUT2D eigenvalue weighted by Crippen LogP contribution is 2.56. The molecule has 0 bridgehead atoms. The fourth-order valence-electron chi connectivity index (χ4n) is 2.67. The minimum absolute atomic E-state index is 0.450. The van der Waals surface area contributed by atoms with Gasteiger partial charge in [-0.15, -0.1) is 0 Å². The summed E-state index contributed by atoms with van der Waals surface area (Å²) < 4.78 is 0. The third-order valence-electron chi connectivity index (χ3n) is 4.24. The van der Waals surface area contributed by atoms with Gasteiger partial charge in [0.05, 0.1) is 0 Å². The Labute approximate surface area is 138 Å². The van der Waals surface area contributed by atoms with E-state index in [1.165, 1.54) is 94.3 Å². The van der Waals surface area contributed by atoms with Gasteiger partial charge < -0.3 is 0 Å². The van der Waals surface area contributed by atoms with Gasteiger partial charge >= 0.3 is 0 Å². The van der Waals surface area contributed by atoms with Crippen molar-refractivity contribution in [3.8, 4) is 0 Å². The quantitative estimate of drug-likeness (QED) is 0.259. The molecule has 0 atom stereocenters. The van der Waals surface area contributed by atoms with Crippen molar-refractivity contribution < 1.29 is 0 Å². The first kappa shape index (κ1) is 20.8. The molecule has 0 aromatic heterocycles. The predicted molar refractivity (Wildman–Crippen MR) is 104 cm³/mol. The van der Waals surface area contributed by atoms with Crippen LogP contribution in [0.2, 0.25) is 0 Å². The van der Waals surface area contributed by atoms with Crippen molar-refractivity contribution in [1.29, 1.82) is 0 Å². The Morgan fingerprint density at radius 1 is 0.550 bits per heavy atom. The molecule has 2 heteroatoms. The summed E-state index contributed by atoms with van der Waals surface area (Å²) in [5, 5.41) is 0. The van der Waals surface area contributed by atoms with Crippen molar-refractivity contribution in [3.63, 3.8) is 0 Å². The molecule has 20 heavy (non-hydrogen) atoms. The van der Waals surface area contributed by atoms with E-state index in [0.29, 0.717) is 0 Å². The number of hydrogen-bond acceptors (Lipinski definition) is 0. The van der Waals surface area contributed by atoms with Gasteiger partial charge in [-0.3, -0.25) is 0 Å². The molecule has 0 aromatic rings. The van der Waals surface area contributed by atoms with Gasteiger partial charge in [-0.25, -0.2) is 0 Å². The zero-order valence-electron chi connectivity index (χ0n) is 14.4. The van der Waals surface area contributed by atoms with Crippen LogP contribution in [0.25, 0.3) is 0 Å². The molecule has 0 unspecified atom stereocenters. The standard InChI is InChI=1S/C18H39BrS/c1-4-7-9-11-13-15-17-20(19,6-3)18-16-14-12-10-8-5-2/h4-18H2,1-3H3. The summed E-state index contributed by atoms with van der Waals surface area (Å²) in [7, 11) is -0.450. The van der Waals surface area contributed by atoms with Crippen LogP contribution in [0.5, 0.6) is 0 Å². The van der Waals surface area contributed by atoms with Gasteiger partial charge in [-0.2, -0.15) is 8.46 Å². The molecule has 0 amide bonds. The van der Waals surface area contributed by atoms with E-state index in [1.54, 1.807) is 0 Å². The highest BCUT2D eigenvalue weighted by atomic mass is 79.9. The summed E-state index contributed by atoms with van der Waals surface area (Å²) in [6.07, 6.45) is 17.2. The molecule has 124 valence electrons. The molecule has 0 radical (unpaired) electrons. The SMILES string of the molecule is CCCCCCCCS(Br)(CC)CCCCCCCC. The molecule has 0 N–H and O–H groups in total. The molecular formula is C18H39BrS. The monoisotopic (exact) mass is 366 g/mol. The second kappa shape index (κ2) is 14.8. The van der Waals surface area contributed by atoms with Crippen LogP contribution in [0.4, 0.5) is 0 Å². The van der Waals surface area contributed by atoms with Gasteiger partial charge in [0.1, 0.15) is 0 Å². The molecule has 0 nitrogen and oxygen atoms in total. The minimum Gasteiger partial charge on any atom is -0.183 e. The highest BCUT2D eigenvalue weighted by molar-refractivity contribution is 9.58. The van der Waals surface area contributed by atoms with Crippen molar-refractivity contribution >= 4 is 23.3 Å². The van der Waals surface area contributed by atoms with Crippen molar-refractivity contribution in [2.24, 2.45) is 0 Å². The Kier molecular flexibility index (Phi) is 15.4. The summed E-state index contributed by atoms with van der Waals surface area (Å²) >= 11 is 4.13. The molecule has 0 fully saturated rings. The van der Waals surface area contributed by atoms with E-state index in [0.717, 1.165) is 0 Å². The highest BCUT2D eigenvalue weighted by Gasteiger charge is 2.17. The molecule has 0 aromatic carbocycles. The lowest BCUT2D eigenvalue weighted by Crippen LogP contribution is -2.06. The Morgan fingerprint density at radius 3 is 1.25 bits per heavy atom. The lowest BCUT2D eigenvalue weighted by atomic mass is 10.1. The topological polar surface area (TPSA) is 0 Å². The molecule has 0 spiro atoms. The van der Waals surface area contributed by atoms with Gasteiger partial charge in [0.25, 0.3) is 0 Å². The van der Waals surface area contributed by atoms with Crippen LogP contribution in [0.1, 0.15) is 97.8 Å². The lowest BCUT2D eigenvalue weighted by molar-refractivity contribution is 0.623. The van der Waals surface area contributed by atoms with E-state index in [1.807, 2.05) is 0 Å². The van der Waals surface area contributed by atoms with Crippen LogP contribution in [0, 0.1) is 0 Å². The molecule has 0 saturated carbocycles. The van der Waals surface area contributed by atoms with Crippen LogP contribution in [-0.2, 0) is 0 Å². The van der Waals surface area contributed by atoms with E-state index in [4.69, 9.17) is 0 Å². The maximum Gasteiger partial charge on any atom is -0.0136 e. The van der Waals surface area contributed by atoms with E-state index < -0.39 is 8.46 Å². The van der Waals surface area contributed by atoms with E-state index in [-0.39, 0.29) is 0 Å². The summed E-state index contributed by atoms with van der Waals surface area (Å²) in [5.41, 5.74) is 0. The van der Waals surface area contributed by atoms with Gasteiger partial charge in [-0.1, -0.05) is 85.0 Å². The van der Waals surface area contributed by atoms with Crippen molar-refractivity contribution in [2.45, 2.75) is 97.8 Å². The predicted octanol–water partition coefficient (Wildman–Crippen LogP) is 7.84. The van der Waals surface area contributed by atoms with Gasteiger partial charge in [0.15, 0.2) is 0 Å². The molecule has 0 rings (SSSR count). The second-order valence-electron chi connectivity index (χ2n) is 6.17. The summed E-state index contributed by atoms with van der Waals surface area (Å²) in [6, 6.07) is 0. The molecule has 0 heterocycles. The average Bonchev–Trinajstić information content (AvgIpc) is 2.46. The first-order chi connectivity index (χ1) is 9.68. The number of hydrogen-bond donors (Lipinski definition) is 0. The Hall–Kier alpha value is 0.830. The fraction of sp³-hybridized carbons (Fsp3) is 1.00. The summed E-state index contributed by atoms with van der Waals surface area (Å²) in [4.78, 5) is 0. The Balaban J connectivity index is 3.57. The zero-order chi connectivity index (χ0) is 15.1. The van der Waals surface area contributed by atoms with Crippen LogP contribution in [-0.4, -0.2) is 17.3 Å². The summed E-state index contributed by atoms with van der Waals surface area (Å²) in [5.74, 6) is 4.30. The molecular weight excluding hydrogens is 328 g/mol. The molecule has 0 aliphatic heterocycles. The first-order valence-corrected chi connectivity index (χ1v) is 13.1. The normalized spacial score (nSPS) is 12.8. The molecule has 0 aliphatic rings. The van der Waals surface area contributed by atoms with Gasteiger partial charge in [0, 0.05) is 0 Å². The smallest absolute Gasteiger partial charge is 0.0136 e. The first-order valence-electron chi connectivity index (χ1n) is 9.14. The number of unbranched alkanes of at least 4 members (excludes halogenated alkanes) is 10. The number of rotatable bonds is 15. The number of halogens is 1. The van der Waals surface area contributed by atoms with Crippen molar-refractivity contribution in [1.82, 2.24) is 0 Å². The summed E-state index contributed by atoms with van der Waals surface area (Å²) in [6.45, 7) is 6.98. The van der Waals surface area contributed by atoms with Crippen LogP contribution < -0.4 is 0 Å². The lowest BCUT2D eigenvalue weighted by Gasteiger charge is -2.32. The van der Waals surface area contributed by atoms with Crippen molar-refractivity contribution in [3.05, 3.63) is 0 Å². The largest absolute Gasteiger partial charge is 0.183 e. The minimum atomic E-state index is -0.450. The maximum absolute atomic E-state index is 4.13. The van der Waals surface area contributed by atoms with E-state index >= 15 is 0 Å². The van der Waals surface area contributed by atoms with Crippen LogP contribution in [0.3, 0.4) is 0 Å². The molecule has 0 saturated heterocycles. The Morgan fingerprint density at radius 2 is 0.900 bits per heavy atom. The zero-order valence-corrected chi connectivity index (χ0v) is 16.8. The van der Waals surface area contributed by atoms with Gasteiger partial charge in [0.2, 0.25) is 0 Å². The van der Waals surface area contributed by atoms with E-state index in [2.05, 4.69) is 35.6 Å². The van der Waals surface area contributed by atoms with Crippen molar-refractivity contribution in [2.75, 3.05) is 17.3 Å². The fourth-order valence-corrected chi connectivity index (χ4v) is 6.27. The maximum atomic E-state index is 4.13. The second-order valence-corrected chi connectivity index (χ2v) is 13.6. The van der Waals surface area contributed by atoms with E-state index in [9.17, 15) is 0 Å². The van der Waals surface area contributed by atoms with Gasteiger partial charge in [-0.05, 0) is 44.9 Å². The van der Waals surface area contributed by atoms with Crippen LogP contribution >= 0.6 is 23.3 Å². The van der Waals surface area contributed by atoms with Crippen LogP contribution in [0.15, 0.2) is 0 Å². The average molecular weight is 367 g/mol. The molecule has 0 aliphatic carbocycles. The Bertz CT molecular complexity index is 178.